The summed E-state index contributed by atoms with van der Waals surface area (Å²) in [6, 6.07) is 6.19. The van der Waals surface area contributed by atoms with Crippen molar-refractivity contribution in [1.29, 1.82) is 0 Å². The number of hydrogen-bond donors (Lipinski definition) is 1. The summed E-state index contributed by atoms with van der Waals surface area (Å²) in [5.74, 6) is 0.957. The Morgan fingerprint density at radius 2 is 1.89 bits per heavy atom. The van der Waals surface area contributed by atoms with Gasteiger partial charge >= 0.3 is 0 Å². The van der Waals surface area contributed by atoms with Crippen LogP contribution < -0.4 is 0 Å². The van der Waals surface area contributed by atoms with Crippen LogP contribution in [-0.2, 0) is 0 Å². The zero-order valence-electron chi connectivity index (χ0n) is 12.2. The van der Waals surface area contributed by atoms with E-state index in [2.05, 4.69) is 37.8 Å². The van der Waals surface area contributed by atoms with Crippen molar-refractivity contribution in [2.75, 3.05) is 19.7 Å². The average molecular weight is 261 g/mol. The van der Waals surface area contributed by atoms with Gasteiger partial charge in [-0.15, -0.1) is 0 Å². The Bertz CT molecular complexity index is 555. The zero-order chi connectivity index (χ0) is 14.0. The molecule has 1 atom stereocenters. The van der Waals surface area contributed by atoms with Gasteiger partial charge in [0.2, 0.25) is 0 Å². The maximum absolute atomic E-state index is 9.76. The first-order valence-electron chi connectivity index (χ1n) is 6.97. The number of para-hydroxylation sites is 1. The minimum atomic E-state index is 0.00338. The van der Waals surface area contributed by atoms with Gasteiger partial charge in [0.15, 0.2) is 0 Å². The molecule has 1 aromatic carbocycles. The van der Waals surface area contributed by atoms with Crippen molar-refractivity contribution in [3.05, 3.63) is 35.1 Å². The Morgan fingerprint density at radius 1 is 1.21 bits per heavy atom. The summed E-state index contributed by atoms with van der Waals surface area (Å²) in [5, 5.41) is 10.9. The van der Waals surface area contributed by atoms with E-state index in [1.807, 2.05) is 13.0 Å². The van der Waals surface area contributed by atoms with Gasteiger partial charge in [-0.05, 0) is 32.5 Å². The van der Waals surface area contributed by atoms with Crippen LogP contribution in [0.25, 0.3) is 11.0 Å². The third kappa shape index (κ3) is 2.40. The number of fused-ring (bicyclic) bond motifs is 1. The second-order valence-corrected chi connectivity index (χ2v) is 4.93. The van der Waals surface area contributed by atoms with E-state index in [9.17, 15) is 5.11 Å². The molecule has 0 aliphatic heterocycles. The molecule has 0 aliphatic carbocycles. The van der Waals surface area contributed by atoms with Crippen LogP contribution in [0.4, 0.5) is 0 Å². The molecule has 0 aliphatic rings. The summed E-state index contributed by atoms with van der Waals surface area (Å²) >= 11 is 0. The van der Waals surface area contributed by atoms with Crippen LogP contribution in [-0.4, -0.2) is 29.7 Å². The van der Waals surface area contributed by atoms with E-state index < -0.39 is 0 Å². The van der Waals surface area contributed by atoms with Crippen molar-refractivity contribution in [2.45, 2.75) is 33.7 Å². The maximum atomic E-state index is 9.76. The summed E-state index contributed by atoms with van der Waals surface area (Å²) < 4.78 is 5.91. The molecule has 1 aromatic heterocycles. The fourth-order valence-electron chi connectivity index (χ4n) is 2.72. The van der Waals surface area contributed by atoms with Gasteiger partial charge < -0.3 is 9.52 Å². The molecule has 0 saturated carbocycles. The first-order chi connectivity index (χ1) is 9.13. The Balaban J connectivity index is 2.57. The number of aliphatic hydroxyl groups is 1. The first kappa shape index (κ1) is 14.1. The van der Waals surface area contributed by atoms with Crippen molar-refractivity contribution in [2.24, 2.45) is 0 Å². The molecule has 0 radical (unpaired) electrons. The van der Waals surface area contributed by atoms with Gasteiger partial charge in [0.25, 0.3) is 0 Å². The van der Waals surface area contributed by atoms with Crippen molar-refractivity contribution in [1.82, 2.24) is 4.90 Å². The van der Waals surface area contributed by atoms with Crippen molar-refractivity contribution >= 4 is 11.0 Å². The summed E-state index contributed by atoms with van der Waals surface area (Å²) in [4.78, 5) is 2.25. The monoisotopic (exact) mass is 261 g/mol. The van der Waals surface area contributed by atoms with E-state index in [4.69, 9.17) is 4.42 Å². The minimum Gasteiger partial charge on any atom is -0.461 e. The van der Waals surface area contributed by atoms with Crippen LogP contribution in [0.5, 0.6) is 0 Å². The third-order valence-electron chi connectivity index (χ3n) is 4.02. The van der Waals surface area contributed by atoms with E-state index in [0.29, 0.717) is 0 Å². The van der Waals surface area contributed by atoms with Crippen LogP contribution in [0, 0.1) is 13.8 Å². The van der Waals surface area contributed by atoms with Gasteiger partial charge in [-0.3, -0.25) is 4.90 Å². The lowest BCUT2D eigenvalue weighted by Gasteiger charge is -2.28. The topological polar surface area (TPSA) is 36.6 Å². The number of rotatable bonds is 5. The van der Waals surface area contributed by atoms with Gasteiger partial charge in [-0.2, -0.15) is 0 Å². The lowest BCUT2D eigenvalue weighted by Crippen LogP contribution is -2.30. The fraction of sp³-hybridized carbons (Fsp3) is 0.500. The molecule has 19 heavy (non-hydrogen) atoms. The van der Waals surface area contributed by atoms with Crippen LogP contribution in [0.3, 0.4) is 0 Å². The molecule has 0 fully saturated rings. The fourth-order valence-corrected chi connectivity index (χ4v) is 2.72. The Kier molecular flexibility index (Phi) is 4.27. The highest BCUT2D eigenvalue weighted by Crippen LogP contribution is 2.32. The molecular formula is C16H23NO2. The van der Waals surface area contributed by atoms with Gasteiger partial charge in [0, 0.05) is 10.9 Å². The molecule has 104 valence electrons. The van der Waals surface area contributed by atoms with Crippen LogP contribution in [0.2, 0.25) is 0 Å². The molecule has 3 nitrogen and oxygen atoms in total. The SMILES string of the molecule is CCN(CC)C(CO)c1cccc2c(C)c(C)oc12. The zero-order valence-corrected chi connectivity index (χ0v) is 12.2. The van der Waals surface area contributed by atoms with Gasteiger partial charge in [0.05, 0.1) is 12.6 Å². The molecule has 0 spiro atoms. The predicted molar refractivity (Wildman–Crippen MR) is 78.4 cm³/mol. The van der Waals surface area contributed by atoms with Crippen LogP contribution in [0.15, 0.2) is 22.6 Å². The number of aryl methyl sites for hydroxylation is 2. The molecule has 2 aromatic rings. The number of hydrogen-bond acceptors (Lipinski definition) is 3. The number of aliphatic hydroxyl groups excluding tert-OH is 1. The normalized spacial score (nSPS) is 13.4. The maximum Gasteiger partial charge on any atom is 0.139 e. The molecule has 0 bridgehead atoms. The van der Waals surface area contributed by atoms with Gasteiger partial charge in [0.1, 0.15) is 11.3 Å². The van der Waals surface area contributed by atoms with E-state index in [1.54, 1.807) is 0 Å². The number of nitrogens with zero attached hydrogens (tertiary/aromatic N) is 1. The smallest absolute Gasteiger partial charge is 0.139 e. The van der Waals surface area contributed by atoms with E-state index >= 15 is 0 Å². The highest BCUT2D eigenvalue weighted by Gasteiger charge is 2.21. The first-order valence-corrected chi connectivity index (χ1v) is 6.97. The van der Waals surface area contributed by atoms with Gasteiger partial charge in [-0.25, -0.2) is 0 Å². The molecule has 1 heterocycles. The molecule has 1 N–H and O–H groups in total. The predicted octanol–water partition coefficient (Wildman–Crippen LogP) is 3.42. The van der Waals surface area contributed by atoms with E-state index in [-0.39, 0.29) is 12.6 Å². The van der Waals surface area contributed by atoms with Crippen molar-refractivity contribution < 1.29 is 9.52 Å². The lowest BCUT2D eigenvalue weighted by atomic mass is 10.0. The summed E-state index contributed by atoms with van der Waals surface area (Å²) in [6.07, 6.45) is 0. The standard InChI is InChI=1S/C16H23NO2/c1-5-17(6-2)15(10-18)14-9-7-8-13-11(3)12(4)19-16(13)14/h7-9,15,18H,5-6,10H2,1-4H3. The number of benzene rings is 1. The average Bonchev–Trinajstić information content (AvgIpc) is 2.72. The highest BCUT2D eigenvalue weighted by molar-refractivity contribution is 5.85. The Hall–Kier alpha value is -1.32. The van der Waals surface area contributed by atoms with Crippen molar-refractivity contribution in [3.63, 3.8) is 0 Å². The third-order valence-corrected chi connectivity index (χ3v) is 4.02. The van der Waals surface area contributed by atoms with Crippen LogP contribution >= 0.6 is 0 Å². The van der Waals surface area contributed by atoms with E-state index in [0.717, 1.165) is 35.4 Å². The molecule has 1 unspecified atom stereocenters. The van der Waals surface area contributed by atoms with E-state index in [1.165, 1.54) is 5.56 Å². The molecule has 0 saturated heterocycles. The Morgan fingerprint density at radius 3 is 2.47 bits per heavy atom. The molecule has 0 amide bonds. The van der Waals surface area contributed by atoms with Gasteiger partial charge in [-0.1, -0.05) is 32.0 Å². The summed E-state index contributed by atoms with van der Waals surface area (Å²) in [6.45, 7) is 10.2. The number of likely N-dealkylation sites (N-methyl/N-ethyl adjacent to an activating group) is 1. The van der Waals surface area contributed by atoms with Crippen molar-refractivity contribution in [3.8, 4) is 0 Å². The summed E-state index contributed by atoms with van der Waals surface area (Å²) in [5.41, 5.74) is 3.19. The Labute approximate surface area is 114 Å². The summed E-state index contributed by atoms with van der Waals surface area (Å²) in [7, 11) is 0. The minimum absolute atomic E-state index is 0.00338. The second-order valence-electron chi connectivity index (χ2n) is 4.93. The number of furan rings is 1. The molecular weight excluding hydrogens is 238 g/mol. The van der Waals surface area contributed by atoms with Crippen LogP contribution in [0.1, 0.15) is 36.8 Å². The second kappa shape index (κ2) is 5.76. The molecule has 3 heteroatoms. The lowest BCUT2D eigenvalue weighted by molar-refractivity contribution is 0.134. The quantitative estimate of drug-likeness (QED) is 0.896. The largest absolute Gasteiger partial charge is 0.461 e. The molecule has 2 rings (SSSR count). The highest BCUT2D eigenvalue weighted by atomic mass is 16.3.